The summed E-state index contributed by atoms with van der Waals surface area (Å²) < 4.78 is 11.2. The Morgan fingerprint density at radius 3 is 1.88 bits per heavy atom. The molecule has 1 aromatic carbocycles. The van der Waals surface area contributed by atoms with Crippen LogP contribution in [0.1, 0.15) is 66.4 Å². The van der Waals surface area contributed by atoms with Crippen LogP contribution in [0.5, 0.6) is 0 Å². The molecule has 0 amide bonds. The Morgan fingerprint density at radius 1 is 0.969 bits per heavy atom. The van der Waals surface area contributed by atoms with Gasteiger partial charge >= 0.3 is 11.9 Å². The Hall–Kier alpha value is -2.41. The van der Waals surface area contributed by atoms with E-state index < -0.39 is 52.3 Å². The number of carbonyl (C=O) groups excluding carboxylic acids is 3. The highest BCUT2D eigenvalue weighted by atomic mass is 16.6. The fraction of sp³-hybridized carbons (Fsp3) is 0.640. The molecule has 178 valence electrons. The van der Waals surface area contributed by atoms with Gasteiger partial charge in [-0.05, 0) is 66.2 Å². The van der Waals surface area contributed by atoms with Crippen molar-refractivity contribution in [1.82, 2.24) is 0 Å². The van der Waals surface area contributed by atoms with Gasteiger partial charge in [0.05, 0.1) is 11.5 Å². The van der Waals surface area contributed by atoms with Gasteiger partial charge in [-0.1, -0.05) is 12.1 Å². The van der Waals surface area contributed by atoms with E-state index in [1.165, 1.54) is 6.92 Å². The average molecular weight is 448 g/mol. The highest BCUT2D eigenvalue weighted by Gasteiger charge is 2.57. The standard InChI is InChI=1S/C25H37NO6/c1-23(2,3)31-21(28)19-17(27)14-25(7,30)20(22(29)32-24(4,5)6)18(19)15-10-12-16(13-11-15)26(8)9/h10-13,18-20,30H,14H2,1-9H3/t18-,19+,20+,25+/m0/s1. The summed E-state index contributed by atoms with van der Waals surface area (Å²) in [5.41, 5.74) is -1.77. The lowest BCUT2D eigenvalue weighted by atomic mass is 9.61. The molecule has 0 saturated heterocycles. The number of Topliss-reactive ketones (excluding diaryl/α,β-unsaturated/α-hetero) is 1. The molecule has 1 saturated carbocycles. The Bertz CT molecular complexity index is 858. The molecule has 1 aromatic rings. The van der Waals surface area contributed by atoms with Crippen molar-refractivity contribution in [2.75, 3.05) is 19.0 Å². The first-order valence-electron chi connectivity index (χ1n) is 10.9. The van der Waals surface area contributed by atoms with E-state index in [1.807, 2.05) is 31.1 Å². The van der Waals surface area contributed by atoms with Crippen LogP contribution >= 0.6 is 0 Å². The minimum absolute atomic E-state index is 0.340. The maximum absolute atomic E-state index is 13.3. The number of ether oxygens (including phenoxy) is 2. The van der Waals surface area contributed by atoms with E-state index in [-0.39, 0.29) is 6.42 Å². The van der Waals surface area contributed by atoms with E-state index in [9.17, 15) is 19.5 Å². The zero-order chi connectivity index (χ0) is 24.6. The number of esters is 2. The number of rotatable bonds is 4. The van der Waals surface area contributed by atoms with Crippen LogP contribution in [0.15, 0.2) is 24.3 Å². The molecule has 1 aliphatic carbocycles. The summed E-state index contributed by atoms with van der Waals surface area (Å²) in [4.78, 5) is 41.5. The maximum atomic E-state index is 13.3. The van der Waals surface area contributed by atoms with Crippen LogP contribution in [-0.4, -0.2) is 53.7 Å². The number of carbonyl (C=O) groups is 3. The van der Waals surface area contributed by atoms with E-state index in [0.29, 0.717) is 5.56 Å². The van der Waals surface area contributed by atoms with Crippen LogP contribution < -0.4 is 4.90 Å². The second-order valence-corrected chi connectivity index (χ2v) is 11.0. The molecule has 1 fully saturated rings. The summed E-state index contributed by atoms with van der Waals surface area (Å²) in [5, 5.41) is 11.2. The average Bonchev–Trinajstić information content (AvgIpc) is 2.56. The zero-order valence-electron chi connectivity index (χ0n) is 20.7. The molecule has 2 rings (SSSR count). The summed E-state index contributed by atoms with van der Waals surface area (Å²) in [6, 6.07) is 7.26. The Kier molecular flexibility index (Phi) is 7.15. The molecule has 0 aromatic heterocycles. The Morgan fingerprint density at radius 2 is 1.44 bits per heavy atom. The Labute approximate surface area is 191 Å². The molecule has 0 unspecified atom stereocenters. The van der Waals surface area contributed by atoms with Crippen LogP contribution in [0.25, 0.3) is 0 Å². The molecule has 0 heterocycles. The van der Waals surface area contributed by atoms with Crippen molar-refractivity contribution in [2.45, 2.75) is 77.6 Å². The normalized spacial score (nSPS) is 26.4. The SMILES string of the molecule is CN(C)c1ccc([C@H]2[C@H](C(=O)OC(C)(C)C)C(=O)C[C@@](C)(O)[C@H]2C(=O)OC(C)(C)C)cc1. The monoisotopic (exact) mass is 447 g/mol. The number of nitrogens with zero attached hydrogens (tertiary/aromatic N) is 1. The quantitative estimate of drug-likeness (QED) is 0.558. The molecule has 0 spiro atoms. The minimum atomic E-state index is -1.68. The first kappa shape index (κ1) is 25.8. The summed E-state index contributed by atoms with van der Waals surface area (Å²) in [6.45, 7) is 11.8. The number of benzene rings is 1. The van der Waals surface area contributed by atoms with Gasteiger partial charge in [-0.15, -0.1) is 0 Å². The molecule has 32 heavy (non-hydrogen) atoms. The van der Waals surface area contributed by atoms with Crippen LogP contribution in [0.4, 0.5) is 5.69 Å². The first-order chi connectivity index (χ1) is 14.4. The van der Waals surface area contributed by atoms with Gasteiger partial charge in [0.2, 0.25) is 0 Å². The smallest absolute Gasteiger partial charge is 0.317 e. The largest absolute Gasteiger partial charge is 0.460 e. The molecule has 7 nitrogen and oxygen atoms in total. The molecule has 0 aliphatic heterocycles. The highest BCUT2D eigenvalue weighted by molar-refractivity contribution is 6.03. The van der Waals surface area contributed by atoms with Gasteiger partial charge in [0.15, 0.2) is 5.78 Å². The second kappa shape index (κ2) is 8.85. The van der Waals surface area contributed by atoms with Crippen molar-refractivity contribution in [3.63, 3.8) is 0 Å². The van der Waals surface area contributed by atoms with Gasteiger partial charge in [-0.2, -0.15) is 0 Å². The third-order valence-electron chi connectivity index (χ3n) is 5.38. The number of hydrogen-bond donors (Lipinski definition) is 1. The van der Waals surface area contributed by atoms with Gasteiger partial charge < -0.3 is 19.5 Å². The number of aliphatic hydroxyl groups is 1. The van der Waals surface area contributed by atoms with Crippen molar-refractivity contribution in [3.8, 4) is 0 Å². The molecule has 7 heteroatoms. The van der Waals surface area contributed by atoms with Gasteiger partial charge in [0, 0.05) is 32.1 Å². The molecule has 0 radical (unpaired) electrons. The van der Waals surface area contributed by atoms with E-state index in [2.05, 4.69) is 0 Å². The lowest BCUT2D eigenvalue weighted by molar-refractivity contribution is -0.182. The third-order valence-corrected chi connectivity index (χ3v) is 5.38. The van der Waals surface area contributed by atoms with Crippen LogP contribution in [0.3, 0.4) is 0 Å². The first-order valence-corrected chi connectivity index (χ1v) is 10.9. The topological polar surface area (TPSA) is 93.1 Å². The van der Waals surface area contributed by atoms with Gasteiger partial charge in [0.1, 0.15) is 17.1 Å². The molecular formula is C25H37NO6. The van der Waals surface area contributed by atoms with Crippen LogP contribution in [0.2, 0.25) is 0 Å². The number of hydrogen-bond acceptors (Lipinski definition) is 7. The predicted octanol–water partition coefficient (Wildman–Crippen LogP) is 3.48. The number of ketones is 1. The lowest BCUT2D eigenvalue weighted by Gasteiger charge is -2.44. The lowest BCUT2D eigenvalue weighted by Crippen LogP contribution is -2.56. The van der Waals surface area contributed by atoms with E-state index in [1.54, 1.807) is 53.7 Å². The van der Waals surface area contributed by atoms with Gasteiger partial charge in [-0.3, -0.25) is 14.4 Å². The molecule has 1 N–H and O–H groups in total. The Balaban J connectivity index is 2.64. The van der Waals surface area contributed by atoms with E-state index in [0.717, 1.165) is 5.69 Å². The predicted molar refractivity (Wildman–Crippen MR) is 122 cm³/mol. The summed E-state index contributed by atoms with van der Waals surface area (Å²) in [6.07, 6.45) is -0.340. The fourth-order valence-electron chi connectivity index (χ4n) is 4.14. The zero-order valence-corrected chi connectivity index (χ0v) is 20.7. The molecular weight excluding hydrogens is 410 g/mol. The van der Waals surface area contributed by atoms with Crippen molar-refractivity contribution in [1.29, 1.82) is 0 Å². The van der Waals surface area contributed by atoms with Crippen molar-refractivity contribution in [3.05, 3.63) is 29.8 Å². The number of anilines is 1. The fourth-order valence-corrected chi connectivity index (χ4v) is 4.14. The summed E-state index contributed by atoms with van der Waals surface area (Å²) in [7, 11) is 3.80. The second-order valence-electron chi connectivity index (χ2n) is 11.0. The van der Waals surface area contributed by atoms with Crippen LogP contribution in [-0.2, 0) is 23.9 Å². The molecule has 0 bridgehead atoms. The highest BCUT2D eigenvalue weighted by Crippen LogP contribution is 2.47. The third kappa shape index (κ3) is 6.09. The van der Waals surface area contributed by atoms with Crippen molar-refractivity contribution < 1.29 is 29.0 Å². The maximum Gasteiger partial charge on any atom is 0.317 e. The summed E-state index contributed by atoms with van der Waals surface area (Å²) in [5.74, 6) is -5.07. The minimum Gasteiger partial charge on any atom is -0.460 e. The van der Waals surface area contributed by atoms with E-state index in [4.69, 9.17) is 9.47 Å². The van der Waals surface area contributed by atoms with Crippen molar-refractivity contribution in [2.24, 2.45) is 11.8 Å². The van der Waals surface area contributed by atoms with Crippen molar-refractivity contribution >= 4 is 23.4 Å². The van der Waals surface area contributed by atoms with Gasteiger partial charge in [-0.25, -0.2) is 0 Å². The summed E-state index contributed by atoms with van der Waals surface area (Å²) >= 11 is 0. The van der Waals surface area contributed by atoms with E-state index >= 15 is 0 Å². The molecule has 1 aliphatic rings. The van der Waals surface area contributed by atoms with Crippen LogP contribution in [0, 0.1) is 11.8 Å². The van der Waals surface area contributed by atoms with Gasteiger partial charge in [0.25, 0.3) is 0 Å². The molecule has 4 atom stereocenters.